The molecular weight excluding hydrogens is 364 g/mol. The second-order valence-corrected chi connectivity index (χ2v) is 6.49. The third-order valence-corrected chi connectivity index (χ3v) is 4.39. The number of nitrogens with zero attached hydrogens (tertiary/aromatic N) is 1. The third-order valence-electron chi connectivity index (χ3n) is 4.16. The Morgan fingerprint density at radius 3 is 2.33 bits per heavy atom. The summed E-state index contributed by atoms with van der Waals surface area (Å²) >= 11 is 6.05. The molecule has 0 radical (unpaired) electrons. The van der Waals surface area contributed by atoms with Gasteiger partial charge in [-0.2, -0.15) is 0 Å². The molecule has 0 saturated carbocycles. The van der Waals surface area contributed by atoms with Crippen LogP contribution in [0.5, 0.6) is 0 Å². The fourth-order valence-electron chi connectivity index (χ4n) is 2.79. The van der Waals surface area contributed by atoms with Gasteiger partial charge in [0.05, 0.1) is 11.0 Å². The number of anilines is 1. The zero-order valence-corrected chi connectivity index (χ0v) is 15.1. The van der Waals surface area contributed by atoms with Crippen LogP contribution in [0.25, 0.3) is 0 Å². The minimum Gasteiger partial charge on any atom is -0.378 e. The zero-order chi connectivity index (χ0) is 19.2. The normalized spacial score (nSPS) is 11.6. The van der Waals surface area contributed by atoms with Crippen molar-refractivity contribution in [3.8, 4) is 0 Å². The van der Waals surface area contributed by atoms with Crippen LogP contribution in [0, 0.1) is 10.1 Å². The van der Waals surface area contributed by atoms with E-state index in [0.717, 1.165) is 11.3 Å². The van der Waals surface area contributed by atoms with Crippen LogP contribution in [-0.2, 0) is 0 Å². The van der Waals surface area contributed by atoms with Crippen LogP contribution < -0.4 is 5.32 Å². The highest BCUT2D eigenvalue weighted by molar-refractivity contribution is 6.30. The van der Waals surface area contributed by atoms with E-state index in [1.807, 2.05) is 30.3 Å². The maximum absolute atomic E-state index is 12.7. The zero-order valence-electron chi connectivity index (χ0n) is 14.3. The van der Waals surface area contributed by atoms with Gasteiger partial charge in [0.2, 0.25) is 0 Å². The summed E-state index contributed by atoms with van der Waals surface area (Å²) in [7, 11) is 0. The van der Waals surface area contributed by atoms with E-state index < -0.39 is 4.92 Å². The van der Waals surface area contributed by atoms with Gasteiger partial charge in [-0.15, -0.1) is 0 Å². The Bertz CT molecular complexity index is 943. The lowest BCUT2D eigenvalue weighted by molar-refractivity contribution is -0.384. The number of hydrogen-bond acceptors (Lipinski definition) is 4. The van der Waals surface area contributed by atoms with Crippen LogP contribution in [-0.4, -0.2) is 10.7 Å². The molecule has 27 heavy (non-hydrogen) atoms. The highest BCUT2D eigenvalue weighted by Gasteiger charge is 2.18. The van der Waals surface area contributed by atoms with E-state index in [9.17, 15) is 14.9 Å². The number of hydrogen-bond donors (Lipinski definition) is 1. The van der Waals surface area contributed by atoms with Gasteiger partial charge in [-0.05, 0) is 23.8 Å². The second-order valence-electron chi connectivity index (χ2n) is 6.05. The fraction of sp³-hybridized carbons (Fsp3) is 0.0952. The van der Waals surface area contributed by atoms with Crippen molar-refractivity contribution in [2.24, 2.45) is 0 Å². The molecule has 1 atom stereocenters. The molecule has 3 rings (SSSR count). The molecule has 6 heteroatoms. The van der Waals surface area contributed by atoms with Crippen molar-refractivity contribution in [3.05, 3.63) is 105 Å². The molecule has 0 amide bonds. The highest BCUT2D eigenvalue weighted by atomic mass is 35.5. The second kappa shape index (κ2) is 8.47. The first kappa shape index (κ1) is 18.6. The lowest BCUT2D eigenvalue weighted by Crippen LogP contribution is -2.16. The Hall–Kier alpha value is -3.18. The molecule has 0 aliphatic heterocycles. The van der Waals surface area contributed by atoms with E-state index >= 15 is 0 Å². The predicted octanol–water partition coefficient (Wildman–Crippen LogP) is 5.67. The standard InChI is InChI=1S/C21H17ClN2O3/c22-17-7-4-8-18(13-17)23-20(14-21(25)16-5-2-1-3-6-16)15-9-11-19(12-10-15)24(26)27/h1-13,20,23H,14H2. The van der Waals surface area contributed by atoms with E-state index in [4.69, 9.17) is 11.6 Å². The molecule has 0 aliphatic carbocycles. The molecule has 0 heterocycles. The van der Waals surface area contributed by atoms with Crippen molar-refractivity contribution >= 4 is 28.8 Å². The molecule has 0 bridgehead atoms. The highest BCUT2D eigenvalue weighted by Crippen LogP contribution is 2.27. The number of nitro benzene ring substituents is 1. The molecule has 3 aromatic carbocycles. The van der Waals surface area contributed by atoms with Crippen LogP contribution in [0.15, 0.2) is 78.9 Å². The average Bonchev–Trinajstić information content (AvgIpc) is 2.68. The SMILES string of the molecule is O=C(CC(Nc1cccc(Cl)c1)c1ccc([N+](=O)[O-])cc1)c1ccccc1. The minimum absolute atomic E-state index is 0.00893. The van der Waals surface area contributed by atoms with Gasteiger partial charge in [0.15, 0.2) is 5.78 Å². The van der Waals surface area contributed by atoms with E-state index in [0.29, 0.717) is 10.6 Å². The first-order chi connectivity index (χ1) is 13.0. The molecule has 0 aliphatic rings. The number of benzene rings is 3. The molecule has 0 fully saturated rings. The number of nitrogens with one attached hydrogen (secondary N) is 1. The van der Waals surface area contributed by atoms with Crippen molar-refractivity contribution in [1.82, 2.24) is 0 Å². The van der Waals surface area contributed by atoms with Crippen LogP contribution in [0.4, 0.5) is 11.4 Å². The number of ketones is 1. The Morgan fingerprint density at radius 2 is 1.70 bits per heavy atom. The molecule has 1 N–H and O–H groups in total. The van der Waals surface area contributed by atoms with Gasteiger partial charge in [-0.3, -0.25) is 14.9 Å². The fourth-order valence-corrected chi connectivity index (χ4v) is 2.98. The Balaban J connectivity index is 1.88. The van der Waals surface area contributed by atoms with Crippen molar-refractivity contribution in [3.63, 3.8) is 0 Å². The maximum atomic E-state index is 12.7. The average molecular weight is 381 g/mol. The smallest absolute Gasteiger partial charge is 0.269 e. The Morgan fingerprint density at radius 1 is 1.00 bits per heavy atom. The molecule has 0 saturated heterocycles. The van der Waals surface area contributed by atoms with E-state index in [2.05, 4.69) is 5.32 Å². The number of rotatable bonds is 7. The number of carbonyl (C=O) groups is 1. The quantitative estimate of drug-likeness (QED) is 0.325. The van der Waals surface area contributed by atoms with Crippen LogP contribution >= 0.6 is 11.6 Å². The third kappa shape index (κ3) is 4.92. The Kier molecular flexibility index (Phi) is 5.84. The number of non-ortho nitro benzene ring substituents is 1. The number of nitro groups is 1. The summed E-state index contributed by atoms with van der Waals surface area (Å²) in [6.07, 6.45) is 0.203. The topological polar surface area (TPSA) is 72.2 Å². The summed E-state index contributed by atoms with van der Waals surface area (Å²) in [6, 6.07) is 22.1. The molecule has 0 spiro atoms. The molecule has 5 nitrogen and oxygen atoms in total. The van der Waals surface area contributed by atoms with E-state index in [1.165, 1.54) is 12.1 Å². The lowest BCUT2D eigenvalue weighted by Gasteiger charge is -2.20. The predicted molar refractivity (Wildman–Crippen MR) is 106 cm³/mol. The molecule has 1 unspecified atom stereocenters. The van der Waals surface area contributed by atoms with Gasteiger partial charge in [-0.1, -0.05) is 60.1 Å². The summed E-state index contributed by atoms with van der Waals surface area (Å²) < 4.78 is 0. The number of Topliss-reactive ketones (excluding diaryl/α,β-unsaturated/α-hetero) is 1. The first-order valence-corrected chi connectivity index (χ1v) is 8.75. The first-order valence-electron chi connectivity index (χ1n) is 8.37. The molecular formula is C21H17ClN2O3. The van der Waals surface area contributed by atoms with Gasteiger partial charge in [0, 0.05) is 34.8 Å². The van der Waals surface area contributed by atoms with Crippen molar-refractivity contribution in [2.45, 2.75) is 12.5 Å². The summed E-state index contributed by atoms with van der Waals surface area (Å²) in [5, 5.41) is 14.8. The van der Waals surface area contributed by atoms with Gasteiger partial charge in [0.25, 0.3) is 5.69 Å². The van der Waals surface area contributed by atoms with Crippen LogP contribution in [0.3, 0.4) is 0 Å². The maximum Gasteiger partial charge on any atom is 0.269 e. The monoisotopic (exact) mass is 380 g/mol. The van der Waals surface area contributed by atoms with Gasteiger partial charge >= 0.3 is 0 Å². The lowest BCUT2D eigenvalue weighted by atomic mass is 9.97. The van der Waals surface area contributed by atoms with Gasteiger partial charge < -0.3 is 5.32 Å². The van der Waals surface area contributed by atoms with Crippen LogP contribution in [0.1, 0.15) is 28.4 Å². The minimum atomic E-state index is -0.446. The van der Waals surface area contributed by atoms with Gasteiger partial charge in [0.1, 0.15) is 0 Å². The summed E-state index contributed by atoms with van der Waals surface area (Å²) in [6.45, 7) is 0. The van der Waals surface area contributed by atoms with Crippen molar-refractivity contribution < 1.29 is 9.72 Å². The molecule has 136 valence electrons. The summed E-state index contributed by atoms with van der Waals surface area (Å²) in [4.78, 5) is 23.1. The summed E-state index contributed by atoms with van der Waals surface area (Å²) in [5.74, 6) is -0.0199. The van der Waals surface area contributed by atoms with E-state index in [-0.39, 0.29) is 23.9 Å². The number of carbonyl (C=O) groups excluding carboxylic acids is 1. The van der Waals surface area contributed by atoms with E-state index in [1.54, 1.807) is 36.4 Å². The molecule has 0 aromatic heterocycles. The van der Waals surface area contributed by atoms with Gasteiger partial charge in [-0.25, -0.2) is 0 Å². The Labute approximate surface area is 161 Å². The molecule has 3 aromatic rings. The summed E-state index contributed by atoms with van der Waals surface area (Å²) in [5.41, 5.74) is 2.18. The van der Waals surface area contributed by atoms with Crippen molar-refractivity contribution in [2.75, 3.05) is 5.32 Å². The van der Waals surface area contributed by atoms with Crippen molar-refractivity contribution in [1.29, 1.82) is 0 Å². The number of halogens is 1. The largest absolute Gasteiger partial charge is 0.378 e. The van der Waals surface area contributed by atoms with Crippen LogP contribution in [0.2, 0.25) is 5.02 Å².